The largest absolute Gasteiger partial charge is 0.464 e. The van der Waals surface area contributed by atoms with Crippen LogP contribution in [-0.4, -0.2) is 36.6 Å². The zero-order valence-corrected chi connectivity index (χ0v) is 5.98. The Morgan fingerprint density at radius 2 is 1.83 bits per heavy atom. The number of carbonyl (C=O) groups excluding carboxylic acids is 1. The number of aliphatic hydroxyl groups excluding tert-OH is 1. The number of ether oxygens (including phenoxy) is 1. The number of esters is 1. The van der Waals surface area contributed by atoms with Gasteiger partial charge in [0.05, 0.1) is 7.11 Å². The van der Waals surface area contributed by atoms with Crippen LogP contribution in [-0.2, 0) is 9.53 Å². The van der Waals surface area contributed by atoms with E-state index in [0.29, 0.717) is 7.11 Å². The standard InChI is InChI=1S/C5H6F4O3/c1-12-3(11)5(8,9)4(6,7)2-10/h10H,2H2,1H3. The average molecular weight is 190 g/mol. The van der Waals surface area contributed by atoms with E-state index in [4.69, 9.17) is 5.11 Å². The number of alkyl halides is 4. The van der Waals surface area contributed by atoms with Crippen molar-refractivity contribution in [3.63, 3.8) is 0 Å². The van der Waals surface area contributed by atoms with Crippen molar-refractivity contribution in [3.8, 4) is 0 Å². The number of hydrogen-bond donors (Lipinski definition) is 1. The Hall–Kier alpha value is -0.850. The molecule has 7 heteroatoms. The molecule has 0 spiro atoms. The Bertz CT molecular complexity index is 180. The van der Waals surface area contributed by atoms with Crippen LogP contribution < -0.4 is 0 Å². The van der Waals surface area contributed by atoms with Gasteiger partial charge in [-0.1, -0.05) is 0 Å². The van der Waals surface area contributed by atoms with Crippen molar-refractivity contribution < 1.29 is 32.2 Å². The van der Waals surface area contributed by atoms with E-state index >= 15 is 0 Å². The average Bonchev–Trinajstić information content (AvgIpc) is 2.02. The number of hydrogen-bond acceptors (Lipinski definition) is 3. The fraction of sp³-hybridized carbons (Fsp3) is 0.800. The van der Waals surface area contributed by atoms with E-state index in [1.807, 2.05) is 0 Å². The summed E-state index contributed by atoms with van der Waals surface area (Å²) in [7, 11) is 0.545. The first-order chi connectivity index (χ1) is 5.29. The molecule has 1 N–H and O–H groups in total. The van der Waals surface area contributed by atoms with Crippen LogP contribution in [0.2, 0.25) is 0 Å². The van der Waals surface area contributed by atoms with Crippen molar-refractivity contribution in [2.45, 2.75) is 11.8 Å². The number of aliphatic hydroxyl groups is 1. The summed E-state index contributed by atoms with van der Waals surface area (Å²) in [6.45, 7) is -2.12. The van der Waals surface area contributed by atoms with Gasteiger partial charge in [0, 0.05) is 0 Å². The van der Waals surface area contributed by atoms with E-state index in [9.17, 15) is 22.4 Å². The zero-order valence-electron chi connectivity index (χ0n) is 5.98. The molecule has 0 fully saturated rings. The molecule has 0 rings (SSSR count). The van der Waals surface area contributed by atoms with Gasteiger partial charge in [-0.25, -0.2) is 4.79 Å². The molecule has 3 nitrogen and oxygen atoms in total. The van der Waals surface area contributed by atoms with Crippen LogP contribution >= 0.6 is 0 Å². The molecule has 0 atom stereocenters. The van der Waals surface area contributed by atoms with E-state index in [0.717, 1.165) is 0 Å². The lowest BCUT2D eigenvalue weighted by molar-refractivity contribution is -0.236. The normalized spacial score (nSPS) is 12.8. The Kier molecular flexibility index (Phi) is 3.03. The van der Waals surface area contributed by atoms with Crippen molar-refractivity contribution >= 4 is 5.97 Å². The van der Waals surface area contributed by atoms with E-state index in [1.165, 1.54) is 0 Å². The highest BCUT2D eigenvalue weighted by molar-refractivity contribution is 5.78. The minimum atomic E-state index is -4.99. The molecule has 0 unspecified atom stereocenters. The fourth-order valence-corrected chi connectivity index (χ4v) is 0.377. The van der Waals surface area contributed by atoms with E-state index < -0.39 is 24.4 Å². The summed E-state index contributed by atoms with van der Waals surface area (Å²) >= 11 is 0. The Balaban J connectivity index is 4.71. The third kappa shape index (κ3) is 1.66. The highest BCUT2D eigenvalue weighted by Gasteiger charge is 2.62. The smallest absolute Gasteiger partial charge is 0.406 e. The first-order valence-corrected chi connectivity index (χ1v) is 2.74. The number of halogens is 4. The molecular formula is C5H6F4O3. The molecule has 0 heterocycles. The maximum absolute atomic E-state index is 12.2. The fourth-order valence-electron chi connectivity index (χ4n) is 0.377. The van der Waals surface area contributed by atoms with Crippen molar-refractivity contribution in [3.05, 3.63) is 0 Å². The van der Waals surface area contributed by atoms with Gasteiger partial charge in [0.2, 0.25) is 0 Å². The maximum Gasteiger partial charge on any atom is 0.406 e. The highest BCUT2D eigenvalue weighted by Crippen LogP contribution is 2.34. The van der Waals surface area contributed by atoms with Crippen LogP contribution in [0.5, 0.6) is 0 Å². The molecule has 0 aliphatic rings. The highest BCUT2D eigenvalue weighted by atomic mass is 19.3. The monoisotopic (exact) mass is 190 g/mol. The molecule has 12 heavy (non-hydrogen) atoms. The first kappa shape index (κ1) is 11.2. The molecule has 0 saturated carbocycles. The number of rotatable bonds is 3. The van der Waals surface area contributed by atoms with E-state index in [2.05, 4.69) is 4.74 Å². The minimum absolute atomic E-state index is 0.545. The SMILES string of the molecule is COC(=O)C(F)(F)C(F)(F)CO. The number of methoxy groups -OCH3 is 1. The van der Waals surface area contributed by atoms with Gasteiger partial charge in [-0.2, -0.15) is 17.6 Å². The summed E-state index contributed by atoms with van der Waals surface area (Å²) in [5.74, 6) is -12.2. The van der Waals surface area contributed by atoms with Gasteiger partial charge in [-0.3, -0.25) is 0 Å². The van der Waals surface area contributed by atoms with Gasteiger partial charge in [-0.15, -0.1) is 0 Å². The Labute approximate surface area is 64.9 Å². The van der Waals surface area contributed by atoms with Gasteiger partial charge in [0.15, 0.2) is 0 Å². The number of carbonyl (C=O) groups is 1. The molecule has 0 aliphatic heterocycles. The predicted molar refractivity (Wildman–Crippen MR) is 29.0 cm³/mol. The lowest BCUT2D eigenvalue weighted by Crippen LogP contribution is -2.50. The zero-order chi connectivity index (χ0) is 9.99. The molecule has 0 bridgehead atoms. The lowest BCUT2D eigenvalue weighted by Gasteiger charge is -2.21. The second-order valence-electron chi connectivity index (χ2n) is 1.93. The lowest BCUT2D eigenvalue weighted by atomic mass is 10.2. The quantitative estimate of drug-likeness (QED) is 0.518. The summed E-state index contributed by atoms with van der Waals surface area (Å²) in [5, 5.41) is 7.84. The van der Waals surface area contributed by atoms with Crippen molar-refractivity contribution in [2.75, 3.05) is 13.7 Å². The molecular weight excluding hydrogens is 184 g/mol. The molecule has 0 aromatic heterocycles. The minimum Gasteiger partial charge on any atom is -0.464 e. The van der Waals surface area contributed by atoms with E-state index in [1.54, 1.807) is 0 Å². The van der Waals surface area contributed by atoms with Crippen LogP contribution in [0.4, 0.5) is 17.6 Å². The third-order valence-electron chi connectivity index (χ3n) is 1.10. The van der Waals surface area contributed by atoms with Crippen LogP contribution in [0, 0.1) is 0 Å². The van der Waals surface area contributed by atoms with Crippen molar-refractivity contribution in [2.24, 2.45) is 0 Å². The second kappa shape index (κ2) is 3.26. The Morgan fingerprint density at radius 1 is 1.42 bits per heavy atom. The summed E-state index contributed by atoms with van der Waals surface area (Å²) in [4.78, 5) is 10.1. The van der Waals surface area contributed by atoms with Crippen LogP contribution in [0.25, 0.3) is 0 Å². The summed E-state index contributed by atoms with van der Waals surface area (Å²) in [6.07, 6.45) is 0. The van der Waals surface area contributed by atoms with E-state index in [-0.39, 0.29) is 0 Å². The maximum atomic E-state index is 12.2. The summed E-state index contributed by atoms with van der Waals surface area (Å²) < 4.78 is 52.0. The first-order valence-electron chi connectivity index (χ1n) is 2.74. The van der Waals surface area contributed by atoms with Gasteiger partial charge in [0.25, 0.3) is 0 Å². The van der Waals surface area contributed by atoms with Crippen LogP contribution in [0.15, 0.2) is 0 Å². The molecule has 0 aromatic carbocycles. The topological polar surface area (TPSA) is 46.5 Å². The molecule has 0 saturated heterocycles. The van der Waals surface area contributed by atoms with Gasteiger partial charge in [-0.05, 0) is 0 Å². The summed E-state index contributed by atoms with van der Waals surface area (Å²) in [6, 6.07) is 0. The van der Waals surface area contributed by atoms with Gasteiger partial charge in [0.1, 0.15) is 6.61 Å². The third-order valence-corrected chi connectivity index (χ3v) is 1.10. The molecule has 0 radical (unpaired) electrons. The van der Waals surface area contributed by atoms with Gasteiger partial charge < -0.3 is 9.84 Å². The van der Waals surface area contributed by atoms with Crippen molar-refractivity contribution in [1.82, 2.24) is 0 Å². The second-order valence-corrected chi connectivity index (χ2v) is 1.93. The predicted octanol–water partition coefficient (Wildman–Crippen LogP) is 0.422. The molecule has 0 amide bonds. The summed E-state index contributed by atoms with van der Waals surface area (Å²) in [5.41, 5.74) is 0. The Morgan fingerprint density at radius 3 is 2.08 bits per heavy atom. The van der Waals surface area contributed by atoms with Crippen molar-refractivity contribution in [1.29, 1.82) is 0 Å². The van der Waals surface area contributed by atoms with Crippen LogP contribution in [0.3, 0.4) is 0 Å². The van der Waals surface area contributed by atoms with Gasteiger partial charge >= 0.3 is 17.8 Å². The van der Waals surface area contributed by atoms with Crippen LogP contribution in [0.1, 0.15) is 0 Å². The molecule has 0 aliphatic carbocycles. The molecule has 0 aromatic rings. The molecule has 72 valence electrons.